The van der Waals surface area contributed by atoms with Crippen molar-refractivity contribution < 1.29 is 9.59 Å². The maximum absolute atomic E-state index is 12.3. The third-order valence-corrected chi connectivity index (χ3v) is 4.74. The van der Waals surface area contributed by atoms with Crippen molar-refractivity contribution in [3.05, 3.63) is 27.8 Å². The van der Waals surface area contributed by atoms with Gasteiger partial charge in [-0.1, -0.05) is 13.8 Å². The van der Waals surface area contributed by atoms with E-state index >= 15 is 0 Å². The molecule has 1 aromatic rings. The zero-order chi connectivity index (χ0) is 15.4. The Kier molecular flexibility index (Phi) is 5.61. The van der Waals surface area contributed by atoms with Crippen LogP contribution in [0, 0.1) is 9.49 Å². The molecule has 0 aliphatic carbocycles. The second-order valence-corrected chi connectivity index (χ2v) is 6.66. The minimum Gasteiger partial charge on any atom is -0.339 e. The van der Waals surface area contributed by atoms with Crippen LogP contribution in [0.3, 0.4) is 0 Å². The number of carbonyl (C=O) groups excluding carboxylic acids is 2. The first-order valence-electron chi connectivity index (χ1n) is 7.41. The number of hydrogen-bond acceptors (Lipinski definition) is 2. The molecule has 21 heavy (non-hydrogen) atoms. The summed E-state index contributed by atoms with van der Waals surface area (Å²) in [5.74, 6) is -0.193. The molecule has 2 amide bonds. The maximum atomic E-state index is 12.3. The van der Waals surface area contributed by atoms with Crippen LogP contribution in [0.15, 0.2) is 24.3 Å². The largest absolute Gasteiger partial charge is 0.339 e. The fraction of sp³-hybridized carbons (Fsp3) is 0.500. The Balaban J connectivity index is 1.98. The maximum Gasteiger partial charge on any atom is 0.229 e. The van der Waals surface area contributed by atoms with Gasteiger partial charge in [-0.05, 0) is 59.7 Å². The second-order valence-electron chi connectivity index (χ2n) is 5.41. The molecule has 1 heterocycles. The van der Waals surface area contributed by atoms with E-state index in [-0.39, 0.29) is 23.8 Å². The van der Waals surface area contributed by atoms with Crippen molar-refractivity contribution >= 4 is 40.1 Å². The van der Waals surface area contributed by atoms with Crippen molar-refractivity contribution in [2.75, 3.05) is 11.9 Å². The number of anilines is 1. The minimum atomic E-state index is -0.239. The van der Waals surface area contributed by atoms with Crippen molar-refractivity contribution in [3.63, 3.8) is 0 Å². The molecule has 1 saturated heterocycles. The van der Waals surface area contributed by atoms with E-state index in [4.69, 9.17) is 0 Å². The van der Waals surface area contributed by atoms with Crippen molar-refractivity contribution in [3.8, 4) is 0 Å². The molecule has 114 valence electrons. The number of nitrogens with zero attached hydrogens (tertiary/aromatic N) is 1. The molecule has 1 aliphatic heterocycles. The number of hydrogen-bond donors (Lipinski definition) is 1. The van der Waals surface area contributed by atoms with Gasteiger partial charge in [0, 0.05) is 28.3 Å². The third kappa shape index (κ3) is 3.96. The van der Waals surface area contributed by atoms with E-state index in [1.54, 1.807) is 0 Å². The van der Waals surface area contributed by atoms with Gasteiger partial charge in [0.1, 0.15) is 0 Å². The van der Waals surface area contributed by atoms with Crippen LogP contribution < -0.4 is 5.32 Å². The highest BCUT2D eigenvalue weighted by Crippen LogP contribution is 2.24. The lowest BCUT2D eigenvalue weighted by Crippen LogP contribution is -2.36. The van der Waals surface area contributed by atoms with Gasteiger partial charge in [0.05, 0.1) is 5.92 Å². The van der Waals surface area contributed by atoms with Gasteiger partial charge in [-0.15, -0.1) is 0 Å². The monoisotopic (exact) mass is 400 g/mol. The van der Waals surface area contributed by atoms with Crippen LogP contribution >= 0.6 is 22.6 Å². The van der Waals surface area contributed by atoms with Crippen LogP contribution in [-0.2, 0) is 9.59 Å². The molecular formula is C16H21IN2O2. The third-order valence-electron chi connectivity index (χ3n) is 4.02. The van der Waals surface area contributed by atoms with Gasteiger partial charge in [0.2, 0.25) is 11.8 Å². The Morgan fingerprint density at radius 3 is 2.52 bits per heavy atom. The first-order valence-corrected chi connectivity index (χ1v) is 8.48. The zero-order valence-corrected chi connectivity index (χ0v) is 14.6. The zero-order valence-electron chi connectivity index (χ0n) is 12.4. The molecule has 2 rings (SSSR count). The van der Waals surface area contributed by atoms with E-state index in [0.717, 1.165) is 22.1 Å². The topological polar surface area (TPSA) is 49.4 Å². The molecule has 0 spiro atoms. The predicted molar refractivity (Wildman–Crippen MR) is 92.0 cm³/mol. The summed E-state index contributed by atoms with van der Waals surface area (Å²) in [7, 11) is 0. The van der Waals surface area contributed by atoms with Gasteiger partial charge in [0.25, 0.3) is 0 Å². The summed E-state index contributed by atoms with van der Waals surface area (Å²) in [5.41, 5.74) is 0.786. The van der Waals surface area contributed by atoms with Gasteiger partial charge < -0.3 is 10.2 Å². The normalized spacial score (nSPS) is 18.4. The highest BCUT2D eigenvalue weighted by molar-refractivity contribution is 14.1. The molecule has 1 aromatic carbocycles. The average Bonchev–Trinajstić information content (AvgIpc) is 2.85. The average molecular weight is 400 g/mol. The summed E-state index contributed by atoms with van der Waals surface area (Å²) in [5, 5.41) is 2.91. The molecule has 4 nitrogen and oxygen atoms in total. The van der Waals surface area contributed by atoms with Crippen molar-refractivity contribution in [2.45, 2.75) is 39.2 Å². The van der Waals surface area contributed by atoms with E-state index in [9.17, 15) is 9.59 Å². The number of rotatable bonds is 5. The van der Waals surface area contributed by atoms with Gasteiger partial charge in [-0.3, -0.25) is 9.59 Å². The lowest BCUT2D eigenvalue weighted by molar-refractivity contribution is -0.130. The quantitative estimate of drug-likeness (QED) is 0.772. The molecule has 0 radical (unpaired) electrons. The Labute approximate surface area is 139 Å². The number of likely N-dealkylation sites (tertiary alicyclic amines) is 1. The number of halogens is 1. The smallest absolute Gasteiger partial charge is 0.229 e. The van der Waals surface area contributed by atoms with Crippen LogP contribution in [-0.4, -0.2) is 29.3 Å². The van der Waals surface area contributed by atoms with Crippen molar-refractivity contribution in [1.29, 1.82) is 0 Å². The standard InChI is InChI=1S/C16H21IN2O2/c1-3-14(4-2)19-10-11(9-15(19)20)16(21)18-13-7-5-12(17)6-8-13/h5-8,11,14H,3-4,9-10H2,1-2H3,(H,18,21). The summed E-state index contributed by atoms with van der Waals surface area (Å²) < 4.78 is 1.13. The number of nitrogens with one attached hydrogen (secondary N) is 1. The first kappa shape index (κ1) is 16.3. The van der Waals surface area contributed by atoms with Crippen molar-refractivity contribution in [2.24, 2.45) is 5.92 Å². The van der Waals surface area contributed by atoms with Crippen LogP contribution in [0.4, 0.5) is 5.69 Å². The number of amides is 2. The summed E-state index contributed by atoms with van der Waals surface area (Å²) in [4.78, 5) is 26.3. The van der Waals surface area contributed by atoms with Gasteiger partial charge >= 0.3 is 0 Å². The molecule has 1 fully saturated rings. The number of benzene rings is 1. The van der Waals surface area contributed by atoms with Gasteiger partial charge in [-0.2, -0.15) is 0 Å². The summed E-state index contributed by atoms with van der Waals surface area (Å²) in [6, 6.07) is 7.93. The molecule has 0 bridgehead atoms. The highest BCUT2D eigenvalue weighted by atomic mass is 127. The number of carbonyl (C=O) groups is 2. The summed E-state index contributed by atoms with van der Waals surface area (Å²) in [6.07, 6.45) is 2.20. The van der Waals surface area contributed by atoms with Crippen LogP contribution in [0.5, 0.6) is 0 Å². The lowest BCUT2D eigenvalue weighted by Gasteiger charge is -2.26. The van der Waals surface area contributed by atoms with Crippen LogP contribution in [0.25, 0.3) is 0 Å². The molecule has 1 atom stereocenters. The lowest BCUT2D eigenvalue weighted by atomic mass is 10.1. The molecule has 5 heteroatoms. The van der Waals surface area contributed by atoms with E-state index in [2.05, 4.69) is 41.8 Å². The predicted octanol–water partition coefficient (Wildman–Crippen LogP) is 3.27. The molecule has 1 unspecified atom stereocenters. The molecular weight excluding hydrogens is 379 g/mol. The molecule has 1 N–H and O–H groups in total. The van der Waals surface area contributed by atoms with E-state index in [1.807, 2.05) is 29.2 Å². The Hall–Kier alpha value is -1.11. The Bertz CT molecular complexity index is 512. The molecule has 0 saturated carbocycles. The van der Waals surface area contributed by atoms with Crippen LogP contribution in [0.2, 0.25) is 0 Å². The SMILES string of the molecule is CCC(CC)N1CC(C(=O)Nc2ccc(I)cc2)CC1=O. The fourth-order valence-electron chi connectivity index (χ4n) is 2.77. The van der Waals surface area contributed by atoms with Crippen LogP contribution in [0.1, 0.15) is 33.1 Å². The first-order chi connectivity index (χ1) is 10.0. The summed E-state index contributed by atoms with van der Waals surface area (Å²) >= 11 is 2.23. The van der Waals surface area contributed by atoms with E-state index < -0.39 is 0 Å². The Morgan fingerprint density at radius 1 is 1.33 bits per heavy atom. The van der Waals surface area contributed by atoms with Crippen molar-refractivity contribution in [1.82, 2.24) is 4.90 Å². The fourth-order valence-corrected chi connectivity index (χ4v) is 3.13. The summed E-state index contributed by atoms with van der Waals surface area (Å²) in [6.45, 7) is 4.71. The molecule has 0 aromatic heterocycles. The highest BCUT2D eigenvalue weighted by Gasteiger charge is 2.36. The Morgan fingerprint density at radius 2 is 1.95 bits per heavy atom. The minimum absolute atomic E-state index is 0.0574. The second kappa shape index (κ2) is 7.24. The molecule has 1 aliphatic rings. The van der Waals surface area contributed by atoms with E-state index in [1.165, 1.54) is 0 Å². The van der Waals surface area contributed by atoms with Gasteiger partial charge in [0.15, 0.2) is 0 Å². The van der Waals surface area contributed by atoms with E-state index in [0.29, 0.717) is 13.0 Å². The van der Waals surface area contributed by atoms with Gasteiger partial charge in [-0.25, -0.2) is 0 Å².